The zero-order valence-corrected chi connectivity index (χ0v) is 11.0. The smallest absolute Gasteiger partial charge is 0.254 e. The Balaban J connectivity index is 2.88. The molecule has 1 rings (SSSR count). The fraction of sp³-hybridized carbons (Fsp3) is 0.538. The first kappa shape index (κ1) is 13.5. The van der Waals surface area contributed by atoms with Crippen LogP contribution in [0.4, 0.5) is 5.82 Å². The third kappa shape index (κ3) is 3.44. The van der Waals surface area contributed by atoms with E-state index in [1.54, 1.807) is 17.0 Å². The van der Waals surface area contributed by atoms with E-state index in [1.165, 1.54) is 0 Å². The highest BCUT2D eigenvalue weighted by Crippen LogP contribution is 2.13. The monoisotopic (exact) mass is 235 g/mol. The number of nitrogens with two attached hydrogens (primary N) is 1. The second-order valence-electron chi connectivity index (χ2n) is 4.48. The van der Waals surface area contributed by atoms with Crippen LogP contribution in [0, 0.1) is 6.92 Å². The fourth-order valence-corrected chi connectivity index (χ4v) is 1.83. The molecule has 4 heteroatoms. The van der Waals surface area contributed by atoms with Crippen LogP contribution in [-0.2, 0) is 0 Å². The maximum Gasteiger partial charge on any atom is 0.254 e. The van der Waals surface area contributed by atoms with Gasteiger partial charge in [0, 0.05) is 24.3 Å². The molecule has 0 aliphatic heterocycles. The van der Waals surface area contributed by atoms with Gasteiger partial charge in [-0.2, -0.15) is 0 Å². The molecular formula is C13H21N3O. The highest BCUT2D eigenvalue weighted by Gasteiger charge is 2.17. The lowest BCUT2D eigenvalue weighted by molar-refractivity contribution is 0.0736. The second kappa shape index (κ2) is 5.66. The van der Waals surface area contributed by atoms with E-state index in [0.29, 0.717) is 11.4 Å². The zero-order valence-electron chi connectivity index (χ0n) is 11.0. The molecule has 1 aromatic heterocycles. The van der Waals surface area contributed by atoms with Crippen molar-refractivity contribution in [1.29, 1.82) is 0 Å². The van der Waals surface area contributed by atoms with Crippen molar-refractivity contribution < 1.29 is 4.79 Å². The van der Waals surface area contributed by atoms with Gasteiger partial charge in [0.1, 0.15) is 5.82 Å². The molecule has 0 aliphatic carbocycles. The first-order valence-electron chi connectivity index (χ1n) is 5.97. The molecule has 1 heterocycles. The van der Waals surface area contributed by atoms with E-state index >= 15 is 0 Å². The molecule has 1 aromatic rings. The molecule has 94 valence electrons. The van der Waals surface area contributed by atoms with Crippen molar-refractivity contribution >= 4 is 11.7 Å². The summed E-state index contributed by atoms with van der Waals surface area (Å²) in [5.74, 6) is 0.396. The quantitative estimate of drug-likeness (QED) is 0.870. The van der Waals surface area contributed by atoms with E-state index in [-0.39, 0.29) is 11.9 Å². The Morgan fingerprint density at radius 2 is 2.18 bits per heavy atom. The molecule has 0 saturated carbocycles. The summed E-state index contributed by atoms with van der Waals surface area (Å²) in [6.45, 7) is 6.00. The third-order valence-electron chi connectivity index (χ3n) is 2.91. The van der Waals surface area contributed by atoms with Gasteiger partial charge in [0.05, 0.1) is 0 Å². The Labute approximate surface area is 103 Å². The largest absolute Gasteiger partial charge is 0.384 e. The molecule has 1 amide bonds. The predicted molar refractivity (Wildman–Crippen MR) is 69.8 cm³/mol. The summed E-state index contributed by atoms with van der Waals surface area (Å²) >= 11 is 0. The molecule has 0 bridgehead atoms. The molecule has 0 aliphatic rings. The number of hydrogen-bond donors (Lipinski definition) is 1. The van der Waals surface area contributed by atoms with Gasteiger partial charge >= 0.3 is 0 Å². The van der Waals surface area contributed by atoms with Crippen LogP contribution in [-0.4, -0.2) is 28.9 Å². The van der Waals surface area contributed by atoms with E-state index in [0.717, 1.165) is 18.5 Å². The zero-order chi connectivity index (χ0) is 13.0. The molecule has 0 saturated heterocycles. The minimum absolute atomic E-state index is 0.00292. The summed E-state index contributed by atoms with van der Waals surface area (Å²) in [6, 6.07) is 3.64. The number of nitrogen functional groups attached to an aromatic ring is 1. The Hall–Kier alpha value is -1.58. The summed E-state index contributed by atoms with van der Waals surface area (Å²) in [5.41, 5.74) is 7.03. The standard InChI is InChI=1S/C13H21N3O/c1-5-6-10(3)16(4)13(17)11-7-9(2)15-12(14)8-11/h7-8,10H,5-6H2,1-4H3,(H2,14,15). The van der Waals surface area contributed by atoms with Crippen molar-refractivity contribution in [3.8, 4) is 0 Å². The van der Waals surface area contributed by atoms with Crippen LogP contribution >= 0.6 is 0 Å². The highest BCUT2D eigenvalue weighted by molar-refractivity contribution is 5.95. The summed E-state index contributed by atoms with van der Waals surface area (Å²) in [5, 5.41) is 0. The number of carbonyl (C=O) groups is 1. The number of carbonyl (C=O) groups excluding carboxylic acids is 1. The Kier molecular flexibility index (Phi) is 4.49. The highest BCUT2D eigenvalue weighted by atomic mass is 16.2. The number of rotatable bonds is 4. The van der Waals surface area contributed by atoms with E-state index in [9.17, 15) is 4.79 Å². The topological polar surface area (TPSA) is 59.2 Å². The van der Waals surface area contributed by atoms with Crippen LogP contribution in [0.15, 0.2) is 12.1 Å². The van der Waals surface area contributed by atoms with Crippen molar-refractivity contribution in [3.05, 3.63) is 23.4 Å². The molecule has 17 heavy (non-hydrogen) atoms. The Morgan fingerprint density at radius 3 is 2.71 bits per heavy atom. The average Bonchev–Trinajstić information content (AvgIpc) is 2.26. The summed E-state index contributed by atoms with van der Waals surface area (Å²) in [6.07, 6.45) is 2.07. The number of aryl methyl sites for hydroxylation is 1. The average molecular weight is 235 g/mol. The fourth-order valence-electron chi connectivity index (χ4n) is 1.83. The number of anilines is 1. The first-order valence-corrected chi connectivity index (χ1v) is 5.97. The van der Waals surface area contributed by atoms with Crippen molar-refractivity contribution in [1.82, 2.24) is 9.88 Å². The SMILES string of the molecule is CCCC(C)N(C)C(=O)c1cc(C)nc(N)c1. The van der Waals surface area contributed by atoms with Gasteiger partial charge in [-0.25, -0.2) is 4.98 Å². The van der Waals surface area contributed by atoms with Crippen LogP contribution in [0.25, 0.3) is 0 Å². The minimum atomic E-state index is 0.00292. The van der Waals surface area contributed by atoms with Crippen molar-refractivity contribution in [3.63, 3.8) is 0 Å². The summed E-state index contributed by atoms with van der Waals surface area (Å²) < 4.78 is 0. The van der Waals surface area contributed by atoms with Crippen molar-refractivity contribution in [2.24, 2.45) is 0 Å². The number of pyridine rings is 1. The number of aromatic nitrogens is 1. The molecule has 0 spiro atoms. The van der Waals surface area contributed by atoms with Crippen molar-refractivity contribution in [2.75, 3.05) is 12.8 Å². The molecular weight excluding hydrogens is 214 g/mol. The van der Waals surface area contributed by atoms with Gasteiger partial charge in [-0.3, -0.25) is 4.79 Å². The van der Waals surface area contributed by atoms with E-state index in [2.05, 4.69) is 18.8 Å². The molecule has 0 aromatic carbocycles. The minimum Gasteiger partial charge on any atom is -0.384 e. The van der Waals surface area contributed by atoms with Gasteiger partial charge in [-0.1, -0.05) is 13.3 Å². The van der Waals surface area contributed by atoms with Crippen LogP contribution in [0.1, 0.15) is 42.7 Å². The molecule has 1 atom stereocenters. The van der Waals surface area contributed by atoms with Crippen LogP contribution in [0.2, 0.25) is 0 Å². The maximum absolute atomic E-state index is 12.2. The maximum atomic E-state index is 12.2. The Morgan fingerprint density at radius 1 is 1.53 bits per heavy atom. The van der Waals surface area contributed by atoms with Gasteiger partial charge in [0.15, 0.2) is 0 Å². The predicted octanol–water partition coefficient (Wildman–Crippen LogP) is 2.23. The number of hydrogen-bond acceptors (Lipinski definition) is 3. The lowest BCUT2D eigenvalue weighted by Gasteiger charge is -2.24. The molecule has 4 nitrogen and oxygen atoms in total. The van der Waals surface area contributed by atoms with Gasteiger partial charge in [-0.15, -0.1) is 0 Å². The molecule has 2 N–H and O–H groups in total. The van der Waals surface area contributed by atoms with Gasteiger partial charge in [0.25, 0.3) is 5.91 Å². The van der Waals surface area contributed by atoms with Gasteiger partial charge in [-0.05, 0) is 32.4 Å². The normalized spacial score (nSPS) is 12.2. The number of nitrogens with zero attached hydrogens (tertiary/aromatic N) is 2. The first-order chi connectivity index (χ1) is 7.95. The van der Waals surface area contributed by atoms with E-state index in [1.807, 2.05) is 14.0 Å². The number of amides is 1. The second-order valence-corrected chi connectivity index (χ2v) is 4.48. The van der Waals surface area contributed by atoms with Gasteiger partial charge in [0.2, 0.25) is 0 Å². The molecule has 1 unspecified atom stereocenters. The van der Waals surface area contributed by atoms with Crippen LogP contribution in [0.5, 0.6) is 0 Å². The van der Waals surface area contributed by atoms with E-state index in [4.69, 9.17) is 5.73 Å². The van der Waals surface area contributed by atoms with E-state index < -0.39 is 0 Å². The van der Waals surface area contributed by atoms with Gasteiger partial charge < -0.3 is 10.6 Å². The third-order valence-corrected chi connectivity index (χ3v) is 2.91. The molecule has 0 radical (unpaired) electrons. The van der Waals surface area contributed by atoms with Crippen molar-refractivity contribution in [2.45, 2.75) is 39.7 Å². The lowest BCUT2D eigenvalue weighted by atomic mass is 10.1. The Bertz CT molecular complexity index is 383. The molecule has 0 fully saturated rings. The van der Waals surface area contributed by atoms with Crippen LogP contribution in [0.3, 0.4) is 0 Å². The summed E-state index contributed by atoms with van der Waals surface area (Å²) in [4.78, 5) is 18.0. The summed E-state index contributed by atoms with van der Waals surface area (Å²) in [7, 11) is 1.83. The van der Waals surface area contributed by atoms with Crippen LogP contribution < -0.4 is 5.73 Å². The lowest BCUT2D eigenvalue weighted by Crippen LogP contribution is -2.35.